The maximum absolute atomic E-state index is 13.5. The van der Waals surface area contributed by atoms with Crippen molar-refractivity contribution in [2.45, 2.75) is 63.5 Å². The highest BCUT2D eigenvalue weighted by molar-refractivity contribution is 5.92. The molecule has 0 aromatic heterocycles. The van der Waals surface area contributed by atoms with Crippen molar-refractivity contribution < 1.29 is 19.4 Å². The summed E-state index contributed by atoms with van der Waals surface area (Å²) in [6, 6.07) is 14.0. The highest BCUT2D eigenvalue weighted by Crippen LogP contribution is 2.50. The molecule has 2 aromatic carbocycles. The molecular weight excluding hydrogens is 426 g/mol. The summed E-state index contributed by atoms with van der Waals surface area (Å²) >= 11 is 0. The van der Waals surface area contributed by atoms with Crippen LogP contribution in [0.2, 0.25) is 0 Å². The molecule has 0 radical (unpaired) electrons. The Morgan fingerprint density at radius 3 is 2.47 bits per heavy atom. The number of hydrogen-bond acceptors (Lipinski definition) is 4. The van der Waals surface area contributed by atoms with Gasteiger partial charge in [0.1, 0.15) is 0 Å². The molecule has 2 aliphatic rings. The molecule has 2 fully saturated rings. The van der Waals surface area contributed by atoms with E-state index in [-0.39, 0.29) is 17.9 Å². The van der Waals surface area contributed by atoms with Gasteiger partial charge in [-0.1, -0.05) is 57.0 Å². The molecule has 5 heteroatoms. The first kappa shape index (κ1) is 24.3. The number of hydrogen-bond donors (Lipinski definition) is 1. The lowest BCUT2D eigenvalue weighted by Gasteiger charge is -2.52. The number of aliphatic hydroxyl groups is 1. The first-order valence-electron chi connectivity index (χ1n) is 12.4. The van der Waals surface area contributed by atoms with Gasteiger partial charge >= 0.3 is 0 Å². The smallest absolute Gasteiger partial charge is 0.247 e. The van der Waals surface area contributed by atoms with E-state index in [1.165, 1.54) is 5.56 Å². The summed E-state index contributed by atoms with van der Waals surface area (Å²) in [5.74, 6) is 1.74. The zero-order valence-electron chi connectivity index (χ0n) is 20.8. The van der Waals surface area contributed by atoms with Crippen LogP contribution in [0.25, 0.3) is 6.08 Å². The van der Waals surface area contributed by atoms with Gasteiger partial charge in [-0.15, -0.1) is 0 Å². The number of nitrogens with zero attached hydrogens (tertiary/aromatic N) is 1. The van der Waals surface area contributed by atoms with Gasteiger partial charge in [-0.05, 0) is 60.1 Å². The second-order valence-corrected chi connectivity index (χ2v) is 9.95. The molecule has 5 nitrogen and oxygen atoms in total. The van der Waals surface area contributed by atoms with E-state index in [0.29, 0.717) is 30.4 Å². The second kappa shape index (κ2) is 10.2. The molecule has 1 amide bonds. The Labute approximate surface area is 203 Å². The predicted octanol–water partition coefficient (Wildman–Crippen LogP) is 5.74. The number of likely N-dealkylation sites (tertiary alicyclic amines) is 1. The molecule has 34 heavy (non-hydrogen) atoms. The van der Waals surface area contributed by atoms with Crippen molar-refractivity contribution in [1.29, 1.82) is 0 Å². The summed E-state index contributed by atoms with van der Waals surface area (Å²) in [7, 11) is 3.24. The van der Waals surface area contributed by atoms with E-state index >= 15 is 0 Å². The SMILES string of the molecule is COc1ccc([C@H]2C3CCCCC3(O)CCN2C(=O)C=Cc2ccc(C(C)C)cc2)cc1OC. The third-order valence-electron chi connectivity index (χ3n) is 7.62. The average Bonchev–Trinajstić information content (AvgIpc) is 2.86. The number of carbonyl (C=O) groups excluding carboxylic acids is 1. The van der Waals surface area contributed by atoms with Gasteiger partial charge in [-0.2, -0.15) is 0 Å². The minimum atomic E-state index is -0.733. The van der Waals surface area contributed by atoms with Crippen molar-refractivity contribution in [3.8, 4) is 11.5 Å². The molecule has 4 rings (SSSR count). The van der Waals surface area contributed by atoms with Crippen LogP contribution in [0.1, 0.15) is 74.6 Å². The number of piperidine rings is 1. The van der Waals surface area contributed by atoms with E-state index in [0.717, 1.165) is 36.8 Å². The van der Waals surface area contributed by atoms with E-state index in [2.05, 4.69) is 38.1 Å². The van der Waals surface area contributed by atoms with Gasteiger partial charge < -0.3 is 19.5 Å². The quantitative estimate of drug-likeness (QED) is 0.556. The lowest BCUT2D eigenvalue weighted by Crippen LogP contribution is -2.56. The van der Waals surface area contributed by atoms with Crippen molar-refractivity contribution in [1.82, 2.24) is 4.90 Å². The summed E-state index contributed by atoms with van der Waals surface area (Å²) in [5, 5.41) is 11.5. The topological polar surface area (TPSA) is 59.0 Å². The van der Waals surface area contributed by atoms with Gasteiger partial charge in [0.15, 0.2) is 11.5 Å². The van der Waals surface area contributed by atoms with Crippen LogP contribution in [-0.2, 0) is 4.79 Å². The van der Waals surface area contributed by atoms with Crippen LogP contribution in [0, 0.1) is 5.92 Å². The Morgan fingerprint density at radius 1 is 1.06 bits per heavy atom. The molecule has 1 N–H and O–H groups in total. The molecule has 2 unspecified atom stereocenters. The fourth-order valence-electron chi connectivity index (χ4n) is 5.63. The van der Waals surface area contributed by atoms with Crippen molar-refractivity contribution in [2.75, 3.05) is 20.8 Å². The molecule has 1 saturated heterocycles. The summed E-state index contributed by atoms with van der Waals surface area (Å²) in [6.45, 7) is 4.87. The zero-order chi connectivity index (χ0) is 24.3. The van der Waals surface area contributed by atoms with E-state index in [9.17, 15) is 9.90 Å². The van der Waals surface area contributed by atoms with E-state index in [1.807, 2.05) is 29.2 Å². The lowest BCUT2D eigenvalue weighted by molar-refractivity contribution is -0.150. The van der Waals surface area contributed by atoms with Crippen molar-refractivity contribution in [3.63, 3.8) is 0 Å². The first-order valence-corrected chi connectivity index (χ1v) is 12.4. The third-order valence-corrected chi connectivity index (χ3v) is 7.62. The molecule has 0 spiro atoms. The van der Waals surface area contributed by atoms with Gasteiger partial charge in [0.2, 0.25) is 5.91 Å². The van der Waals surface area contributed by atoms with Gasteiger partial charge in [-0.25, -0.2) is 0 Å². The van der Waals surface area contributed by atoms with Gasteiger partial charge in [0.05, 0.1) is 25.9 Å². The Balaban J connectivity index is 1.65. The number of amides is 1. The van der Waals surface area contributed by atoms with Crippen LogP contribution in [0.3, 0.4) is 0 Å². The van der Waals surface area contributed by atoms with Crippen molar-refractivity contribution in [3.05, 3.63) is 65.2 Å². The minimum absolute atomic E-state index is 0.00391. The zero-order valence-corrected chi connectivity index (χ0v) is 20.8. The molecule has 1 aliphatic carbocycles. The summed E-state index contributed by atoms with van der Waals surface area (Å²) in [6.07, 6.45) is 7.97. The maximum Gasteiger partial charge on any atom is 0.247 e. The minimum Gasteiger partial charge on any atom is -0.493 e. The summed E-state index contributed by atoms with van der Waals surface area (Å²) < 4.78 is 11.0. The Hall–Kier alpha value is -2.79. The standard InChI is InChI=1S/C29H37NO4/c1-20(2)22-11-8-21(9-12-22)10-15-27(31)30-18-17-29(32)16-6-5-7-24(29)28(30)23-13-14-25(33-3)26(19-23)34-4/h8-15,19-20,24,28,32H,5-7,16-18H2,1-4H3/t24?,28-,29?/m0/s1. The fraction of sp³-hybridized carbons (Fsp3) is 0.483. The van der Waals surface area contributed by atoms with Crippen LogP contribution in [0.4, 0.5) is 0 Å². The molecule has 1 saturated carbocycles. The molecule has 182 valence electrons. The van der Waals surface area contributed by atoms with Crippen LogP contribution in [-0.4, -0.2) is 42.3 Å². The van der Waals surface area contributed by atoms with Crippen LogP contribution in [0.5, 0.6) is 11.5 Å². The second-order valence-electron chi connectivity index (χ2n) is 9.95. The largest absolute Gasteiger partial charge is 0.493 e. The number of fused-ring (bicyclic) bond motifs is 1. The number of benzene rings is 2. The Morgan fingerprint density at radius 2 is 1.79 bits per heavy atom. The highest BCUT2D eigenvalue weighted by Gasteiger charge is 2.50. The van der Waals surface area contributed by atoms with Crippen LogP contribution < -0.4 is 9.47 Å². The van der Waals surface area contributed by atoms with Gasteiger partial charge in [-0.3, -0.25) is 4.79 Å². The van der Waals surface area contributed by atoms with Crippen LogP contribution in [0.15, 0.2) is 48.5 Å². The third kappa shape index (κ3) is 4.85. The lowest BCUT2D eigenvalue weighted by atomic mass is 9.66. The van der Waals surface area contributed by atoms with Crippen molar-refractivity contribution >= 4 is 12.0 Å². The van der Waals surface area contributed by atoms with E-state index < -0.39 is 5.60 Å². The molecule has 3 atom stereocenters. The molecule has 0 bridgehead atoms. The molecule has 1 heterocycles. The molecule has 2 aromatic rings. The highest BCUT2D eigenvalue weighted by atomic mass is 16.5. The number of methoxy groups -OCH3 is 2. The predicted molar refractivity (Wildman–Crippen MR) is 135 cm³/mol. The molecule has 1 aliphatic heterocycles. The normalized spacial score (nSPS) is 24.8. The number of ether oxygens (including phenoxy) is 2. The number of carbonyl (C=O) groups is 1. The van der Waals surface area contributed by atoms with E-state index in [1.54, 1.807) is 20.3 Å². The first-order chi connectivity index (χ1) is 16.4. The summed E-state index contributed by atoms with van der Waals surface area (Å²) in [4.78, 5) is 15.4. The monoisotopic (exact) mass is 463 g/mol. The Kier molecular flexibility index (Phi) is 7.32. The van der Waals surface area contributed by atoms with Crippen LogP contribution >= 0.6 is 0 Å². The summed E-state index contributed by atoms with van der Waals surface area (Å²) in [5.41, 5.74) is 2.53. The van der Waals surface area contributed by atoms with E-state index in [4.69, 9.17) is 9.47 Å². The van der Waals surface area contributed by atoms with Crippen molar-refractivity contribution in [2.24, 2.45) is 5.92 Å². The maximum atomic E-state index is 13.5. The van der Waals surface area contributed by atoms with Gasteiger partial charge in [0.25, 0.3) is 0 Å². The fourth-order valence-corrected chi connectivity index (χ4v) is 5.63. The van der Waals surface area contributed by atoms with Gasteiger partial charge in [0, 0.05) is 18.5 Å². The number of rotatable bonds is 6. The average molecular weight is 464 g/mol. The Bertz CT molecular complexity index is 1030. The molecular formula is C29H37NO4.